The third-order valence-corrected chi connectivity index (χ3v) is 4.84. The van der Waals surface area contributed by atoms with Gasteiger partial charge in [0.2, 0.25) is 0 Å². The zero-order valence-electron chi connectivity index (χ0n) is 14.6. The highest BCUT2D eigenvalue weighted by Gasteiger charge is 2.23. The summed E-state index contributed by atoms with van der Waals surface area (Å²) < 4.78 is 1.95. The summed E-state index contributed by atoms with van der Waals surface area (Å²) in [5, 5.41) is 8.43. The van der Waals surface area contributed by atoms with Crippen LogP contribution in [0.3, 0.4) is 0 Å². The Kier molecular flexibility index (Phi) is 5.48. The van der Waals surface area contributed by atoms with Crippen molar-refractivity contribution in [2.75, 3.05) is 0 Å². The fourth-order valence-corrected chi connectivity index (χ4v) is 3.55. The molecule has 0 aliphatic heterocycles. The van der Waals surface area contributed by atoms with Crippen LogP contribution in [0, 0.1) is 5.92 Å². The van der Waals surface area contributed by atoms with Gasteiger partial charge in [0.15, 0.2) is 0 Å². The number of aryl methyl sites for hydroxylation is 1. The largest absolute Gasteiger partial charge is 0.310 e. The lowest BCUT2D eigenvalue weighted by atomic mass is 9.89. The summed E-state index contributed by atoms with van der Waals surface area (Å²) in [5.74, 6) is 0.849. The van der Waals surface area contributed by atoms with Crippen molar-refractivity contribution < 1.29 is 0 Å². The Morgan fingerprint density at radius 3 is 2.43 bits per heavy atom. The molecule has 1 N–H and O–H groups in total. The molecule has 120 valence electrons. The number of aromatic nitrogens is 2. The van der Waals surface area contributed by atoms with E-state index in [0.717, 1.165) is 12.5 Å². The Balaban J connectivity index is 1.96. The van der Waals surface area contributed by atoms with Crippen molar-refractivity contribution in [1.29, 1.82) is 0 Å². The van der Waals surface area contributed by atoms with E-state index in [4.69, 9.17) is 0 Å². The standard InChI is InChI=1S/C18H33N3/c1-14(15-10-8-6-7-9-11-15)19-12-16-13-21(5)20-17(16)18(2,3)4/h13-15,19H,6-12H2,1-5H3/t14-/m1/s1. The molecule has 1 saturated carbocycles. The molecule has 1 aliphatic rings. The fourth-order valence-electron chi connectivity index (χ4n) is 3.55. The van der Waals surface area contributed by atoms with Gasteiger partial charge in [-0.15, -0.1) is 0 Å². The molecule has 3 heteroatoms. The molecule has 2 rings (SSSR count). The van der Waals surface area contributed by atoms with E-state index < -0.39 is 0 Å². The molecule has 1 aliphatic carbocycles. The van der Waals surface area contributed by atoms with Crippen LogP contribution in [-0.4, -0.2) is 15.8 Å². The van der Waals surface area contributed by atoms with Crippen molar-refractivity contribution in [3.63, 3.8) is 0 Å². The van der Waals surface area contributed by atoms with E-state index in [0.29, 0.717) is 6.04 Å². The van der Waals surface area contributed by atoms with E-state index in [-0.39, 0.29) is 5.41 Å². The molecule has 1 fully saturated rings. The second kappa shape index (κ2) is 6.95. The van der Waals surface area contributed by atoms with E-state index in [9.17, 15) is 0 Å². The maximum atomic E-state index is 4.66. The molecule has 0 saturated heterocycles. The fraction of sp³-hybridized carbons (Fsp3) is 0.833. The monoisotopic (exact) mass is 291 g/mol. The average Bonchev–Trinajstić information content (AvgIpc) is 2.63. The number of nitrogens with one attached hydrogen (secondary N) is 1. The van der Waals surface area contributed by atoms with E-state index >= 15 is 0 Å². The minimum absolute atomic E-state index is 0.115. The van der Waals surface area contributed by atoms with Gasteiger partial charge in [0.25, 0.3) is 0 Å². The van der Waals surface area contributed by atoms with Crippen LogP contribution in [0.15, 0.2) is 6.20 Å². The molecular formula is C18H33N3. The third kappa shape index (κ3) is 4.57. The Hall–Kier alpha value is -0.830. The Morgan fingerprint density at radius 1 is 1.24 bits per heavy atom. The first-order chi connectivity index (χ1) is 9.88. The first kappa shape index (κ1) is 16.5. The molecule has 0 radical (unpaired) electrons. The van der Waals surface area contributed by atoms with Gasteiger partial charge in [0, 0.05) is 36.8 Å². The lowest BCUT2D eigenvalue weighted by Gasteiger charge is -2.24. The summed E-state index contributed by atoms with van der Waals surface area (Å²) in [4.78, 5) is 0. The van der Waals surface area contributed by atoms with Gasteiger partial charge in [-0.25, -0.2) is 0 Å². The van der Waals surface area contributed by atoms with Crippen molar-refractivity contribution in [2.45, 2.75) is 84.2 Å². The minimum atomic E-state index is 0.115. The van der Waals surface area contributed by atoms with Gasteiger partial charge in [-0.05, 0) is 25.7 Å². The maximum absolute atomic E-state index is 4.66. The maximum Gasteiger partial charge on any atom is 0.0722 e. The first-order valence-corrected chi connectivity index (χ1v) is 8.64. The average molecular weight is 291 g/mol. The normalized spacial score (nSPS) is 19.5. The van der Waals surface area contributed by atoms with Crippen molar-refractivity contribution in [2.24, 2.45) is 13.0 Å². The van der Waals surface area contributed by atoms with E-state index in [2.05, 4.69) is 44.3 Å². The Labute approximate surface area is 130 Å². The SMILES string of the molecule is C[C@@H](NCc1cn(C)nc1C(C)(C)C)C1CCCCCC1. The predicted molar refractivity (Wildman–Crippen MR) is 89.4 cm³/mol. The molecule has 1 heterocycles. The molecule has 1 atom stereocenters. The zero-order valence-corrected chi connectivity index (χ0v) is 14.6. The molecule has 1 aromatic rings. The first-order valence-electron chi connectivity index (χ1n) is 8.64. The van der Waals surface area contributed by atoms with Crippen LogP contribution in [0.25, 0.3) is 0 Å². The Bertz CT molecular complexity index is 434. The van der Waals surface area contributed by atoms with Crippen LogP contribution >= 0.6 is 0 Å². The van der Waals surface area contributed by atoms with Gasteiger partial charge in [-0.1, -0.05) is 46.5 Å². The van der Waals surface area contributed by atoms with Crippen LogP contribution in [0.1, 0.15) is 77.5 Å². The zero-order chi connectivity index (χ0) is 15.5. The van der Waals surface area contributed by atoms with Gasteiger partial charge in [-0.2, -0.15) is 5.10 Å². The van der Waals surface area contributed by atoms with E-state index in [1.807, 2.05) is 11.7 Å². The molecular weight excluding hydrogens is 258 g/mol. The van der Waals surface area contributed by atoms with Crippen molar-refractivity contribution in [1.82, 2.24) is 15.1 Å². The number of hydrogen-bond donors (Lipinski definition) is 1. The second-order valence-corrected chi connectivity index (χ2v) is 7.85. The third-order valence-electron chi connectivity index (χ3n) is 4.84. The van der Waals surface area contributed by atoms with Crippen LogP contribution in [0.4, 0.5) is 0 Å². The molecule has 1 aromatic heterocycles. The summed E-state index contributed by atoms with van der Waals surface area (Å²) in [7, 11) is 2.02. The second-order valence-electron chi connectivity index (χ2n) is 7.85. The van der Waals surface area contributed by atoms with Gasteiger partial charge >= 0.3 is 0 Å². The smallest absolute Gasteiger partial charge is 0.0722 e. The summed E-state index contributed by atoms with van der Waals surface area (Å²) in [6.07, 6.45) is 10.7. The number of rotatable bonds is 4. The highest BCUT2D eigenvalue weighted by Crippen LogP contribution is 2.27. The van der Waals surface area contributed by atoms with Crippen molar-refractivity contribution in [3.05, 3.63) is 17.5 Å². The molecule has 0 aromatic carbocycles. The molecule has 0 bridgehead atoms. The molecule has 21 heavy (non-hydrogen) atoms. The lowest BCUT2D eigenvalue weighted by molar-refractivity contribution is 0.336. The molecule has 0 spiro atoms. The lowest BCUT2D eigenvalue weighted by Crippen LogP contribution is -2.33. The minimum Gasteiger partial charge on any atom is -0.310 e. The summed E-state index contributed by atoms with van der Waals surface area (Å²) in [6.45, 7) is 10.0. The molecule has 0 unspecified atom stereocenters. The van der Waals surface area contributed by atoms with Crippen molar-refractivity contribution >= 4 is 0 Å². The van der Waals surface area contributed by atoms with Gasteiger partial charge < -0.3 is 5.32 Å². The van der Waals surface area contributed by atoms with Crippen LogP contribution in [0.2, 0.25) is 0 Å². The summed E-state index contributed by atoms with van der Waals surface area (Å²) in [5.41, 5.74) is 2.69. The van der Waals surface area contributed by atoms with Gasteiger partial charge in [-0.3, -0.25) is 4.68 Å². The van der Waals surface area contributed by atoms with Crippen LogP contribution < -0.4 is 5.32 Å². The number of nitrogens with zero attached hydrogens (tertiary/aromatic N) is 2. The quantitative estimate of drug-likeness (QED) is 0.844. The van der Waals surface area contributed by atoms with Gasteiger partial charge in [0.05, 0.1) is 5.69 Å². The highest BCUT2D eigenvalue weighted by molar-refractivity contribution is 5.23. The predicted octanol–water partition coefficient (Wildman–Crippen LogP) is 4.17. The van der Waals surface area contributed by atoms with Gasteiger partial charge in [0.1, 0.15) is 0 Å². The summed E-state index contributed by atoms with van der Waals surface area (Å²) >= 11 is 0. The van der Waals surface area contributed by atoms with E-state index in [1.165, 1.54) is 49.8 Å². The molecule has 0 amide bonds. The van der Waals surface area contributed by atoms with Crippen molar-refractivity contribution in [3.8, 4) is 0 Å². The van der Waals surface area contributed by atoms with E-state index in [1.54, 1.807) is 0 Å². The number of hydrogen-bond acceptors (Lipinski definition) is 2. The highest BCUT2D eigenvalue weighted by atomic mass is 15.3. The summed E-state index contributed by atoms with van der Waals surface area (Å²) in [6, 6.07) is 0.608. The van der Waals surface area contributed by atoms with Crippen LogP contribution in [-0.2, 0) is 19.0 Å². The molecule has 3 nitrogen and oxygen atoms in total. The Morgan fingerprint density at radius 2 is 1.86 bits per heavy atom. The topological polar surface area (TPSA) is 29.9 Å². The van der Waals surface area contributed by atoms with Crippen LogP contribution in [0.5, 0.6) is 0 Å².